The normalized spacial score (nSPS) is 20.6. The van der Waals surface area contributed by atoms with E-state index in [-0.39, 0.29) is 5.69 Å². The summed E-state index contributed by atoms with van der Waals surface area (Å²) in [5, 5.41) is 21.1. The maximum Gasteiger partial charge on any atom is 0.269 e. The largest absolute Gasteiger partial charge is 0.383 e. The number of hydrogen-bond donors (Lipinski definition) is 3. The van der Waals surface area contributed by atoms with Crippen LogP contribution in [0.25, 0.3) is 0 Å². The van der Waals surface area contributed by atoms with E-state index in [1.54, 1.807) is 12.1 Å². The Labute approximate surface area is 142 Å². The van der Waals surface area contributed by atoms with Crippen LogP contribution in [0, 0.1) is 16.0 Å². The summed E-state index contributed by atoms with van der Waals surface area (Å²) in [4.78, 5) is 10.2. The van der Waals surface area contributed by atoms with Gasteiger partial charge in [-0.25, -0.2) is 0 Å². The second kappa shape index (κ2) is 8.67. The second-order valence-electron chi connectivity index (χ2n) is 6.00. The molecule has 0 radical (unpaired) electrons. The van der Waals surface area contributed by atoms with Gasteiger partial charge in [0.2, 0.25) is 0 Å². The first kappa shape index (κ1) is 17.5. The molecule has 0 aliphatic heterocycles. The lowest BCUT2D eigenvalue weighted by atomic mass is 9.86. The molecule has 1 aromatic carbocycles. The van der Waals surface area contributed by atoms with E-state index in [1.165, 1.54) is 37.8 Å². The van der Waals surface area contributed by atoms with Gasteiger partial charge in [0, 0.05) is 37.0 Å². The molecule has 23 heavy (non-hydrogen) atoms. The number of nitro benzene ring substituents is 1. The van der Waals surface area contributed by atoms with Crippen molar-refractivity contribution in [1.29, 1.82) is 0 Å². The summed E-state index contributed by atoms with van der Waals surface area (Å²) in [5.41, 5.74) is 0.956. The Kier molecular flexibility index (Phi) is 6.58. The molecule has 0 aromatic heterocycles. The molecule has 0 heterocycles. The summed E-state index contributed by atoms with van der Waals surface area (Å²) in [6.07, 6.45) is 5.04. The minimum absolute atomic E-state index is 0.0978. The van der Waals surface area contributed by atoms with Gasteiger partial charge in [0.25, 0.3) is 5.69 Å². The van der Waals surface area contributed by atoms with Gasteiger partial charge in [-0.15, -0.1) is 0 Å². The van der Waals surface area contributed by atoms with Crippen LogP contribution >= 0.6 is 12.2 Å². The molecule has 2 atom stereocenters. The van der Waals surface area contributed by atoms with E-state index in [1.807, 2.05) is 0 Å². The number of nitrogens with zero attached hydrogens (tertiary/aromatic N) is 1. The summed E-state index contributed by atoms with van der Waals surface area (Å²) < 4.78 is 0. The topological polar surface area (TPSA) is 79.2 Å². The van der Waals surface area contributed by atoms with E-state index in [0.29, 0.717) is 30.2 Å². The van der Waals surface area contributed by atoms with Crippen LogP contribution in [0.4, 0.5) is 11.4 Å². The Morgan fingerprint density at radius 2 is 1.96 bits per heavy atom. The average Bonchev–Trinajstić information content (AvgIpc) is 2.54. The molecular formula is C16H24N4O2S. The molecule has 1 saturated carbocycles. The number of anilines is 1. The molecule has 126 valence electrons. The molecule has 0 spiro atoms. The molecule has 1 fully saturated rings. The summed E-state index contributed by atoms with van der Waals surface area (Å²) >= 11 is 5.34. The lowest BCUT2D eigenvalue weighted by Crippen LogP contribution is -2.46. The Bertz CT molecular complexity index is 535. The molecule has 1 aliphatic carbocycles. The van der Waals surface area contributed by atoms with E-state index in [2.05, 4.69) is 22.9 Å². The molecule has 0 saturated heterocycles. The van der Waals surface area contributed by atoms with Crippen LogP contribution in [-0.4, -0.2) is 29.2 Å². The standard InChI is InChI=1S/C16H24N4O2S/c1-12-4-2-3-5-15(12)19-16(23)18-11-10-17-13-6-8-14(9-7-13)20(21)22/h6-9,12,15,17H,2-5,10-11H2,1H3,(H2,18,19,23)/t12-,15+/m0/s1. The van der Waals surface area contributed by atoms with Crippen molar-refractivity contribution in [3.05, 3.63) is 34.4 Å². The van der Waals surface area contributed by atoms with Crippen molar-refractivity contribution < 1.29 is 4.92 Å². The minimum Gasteiger partial charge on any atom is -0.383 e. The summed E-state index contributed by atoms with van der Waals surface area (Å²) in [5.74, 6) is 0.668. The summed E-state index contributed by atoms with van der Waals surface area (Å²) in [6.45, 7) is 3.67. The van der Waals surface area contributed by atoms with Crippen LogP contribution in [0.5, 0.6) is 0 Å². The number of nitrogens with one attached hydrogen (secondary N) is 3. The van der Waals surface area contributed by atoms with E-state index >= 15 is 0 Å². The van der Waals surface area contributed by atoms with Gasteiger partial charge in [0.15, 0.2) is 5.11 Å². The van der Waals surface area contributed by atoms with E-state index in [9.17, 15) is 10.1 Å². The average molecular weight is 336 g/mol. The number of non-ortho nitro benzene ring substituents is 1. The Hall–Kier alpha value is -1.89. The van der Waals surface area contributed by atoms with Gasteiger partial charge in [-0.3, -0.25) is 10.1 Å². The Morgan fingerprint density at radius 1 is 1.26 bits per heavy atom. The molecule has 0 bridgehead atoms. The lowest BCUT2D eigenvalue weighted by molar-refractivity contribution is -0.384. The molecule has 7 heteroatoms. The first-order chi connectivity index (χ1) is 11.1. The molecule has 1 aromatic rings. The van der Waals surface area contributed by atoms with Gasteiger partial charge in [0.1, 0.15) is 0 Å². The molecular weight excluding hydrogens is 312 g/mol. The van der Waals surface area contributed by atoms with Crippen molar-refractivity contribution in [3.8, 4) is 0 Å². The maximum atomic E-state index is 10.6. The highest BCUT2D eigenvalue weighted by Crippen LogP contribution is 2.23. The predicted octanol–water partition coefficient (Wildman–Crippen LogP) is 3.05. The quantitative estimate of drug-likeness (QED) is 0.321. The van der Waals surface area contributed by atoms with Crippen molar-refractivity contribution in [3.63, 3.8) is 0 Å². The van der Waals surface area contributed by atoms with Gasteiger partial charge in [0.05, 0.1) is 4.92 Å². The third kappa shape index (κ3) is 5.67. The fraction of sp³-hybridized carbons (Fsp3) is 0.562. The van der Waals surface area contributed by atoms with Crippen molar-refractivity contribution in [1.82, 2.24) is 10.6 Å². The molecule has 3 N–H and O–H groups in total. The van der Waals surface area contributed by atoms with Gasteiger partial charge in [-0.1, -0.05) is 19.8 Å². The predicted molar refractivity (Wildman–Crippen MR) is 96.7 cm³/mol. The van der Waals surface area contributed by atoms with Crippen molar-refractivity contribution in [2.75, 3.05) is 18.4 Å². The zero-order chi connectivity index (χ0) is 16.7. The number of nitro groups is 1. The van der Waals surface area contributed by atoms with Crippen LogP contribution in [0.15, 0.2) is 24.3 Å². The van der Waals surface area contributed by atoms with Crippen LogP contribution < -0.4 is 16.0 Å². The van der Waals surface area contributed by atoms with E-state index in [0.717, 1.165) is 5.69 Å². The van der Waals surface area contributed by atoms with Gasteiger partial charge >= 0.3 is 0 Å². The molecule has 0 amide bonds. The highest BCUT2D eigenvalue weighted by molar-refractivity contribution is 7.80. The van der Waals surface area contributed by atoms with Crippen LogP contribution in [0.3, 0.4) is 0 Å². The van der Waals surface area contributed by atoms with Crippen molar-refractivity contribution in [2.24, 2.45) is 5.92 Å². The zero-order valence-electron chi connectivity index (χ0n) is 13.4. The zero-order valence-corrected chi connectivity index (χ0v) is 14.2. The molecule has 2 rings (SSSR count). The molecule has 0 unspecified atom stereocenters. The monoisotopic (exact) mass is 336 g/mol. The smallest absolute Gasteiger partial charge is 0.269 e. The first-order valence-corrected chi connectivity index (χ1v) is 8.50. The van der Waals surface area contributed by atoms with Crippen LogP contribution in [0.1, 0.15) is 32.6 Å². The third-order valence-electron chi connectivity index (χ3n) is 4.25. The summed E-state index contributed by atoms with van der Waals surface area (Å²) in [7, 11) is 0. The van der Waals surface area contributed by atoms with Crippen LogP contribution in [0.2, 0.25) is 0 Å². The fourth-order valence-corrected chi connectivity index (χ4v) is 3.09. The summed E-state index contributed by atoms with van der Waals surface area (Å²) in [6, 6.07) is 6.88. The number of rotatable bonds is 6. The Balaban J connectivity index is 1.64. The number of hydrogen-bond acceptors (Lipinski definition) is 4. The van der Waals surface area contributed by atoms with Crippen LogP contribution in [-0.2, 0) is 0 Å². The van der Waals surface area contributed by atoms with Gasteiger partial charge < -0.3 is 16.0 Å². The maximum absolute atomic E-state index is 10.6. The molecule has 1 aliphatic rings. The number of benzene rings is 1. The SMILES string of the molecule is C[C@H]1CCCC[C@H]1NC(=S)NCCNc1ccc([N+](=O)[O-])cc1. The second-order valence-corrected chi connectivity index (χ2v) is 6.41. The van der Waals surface area contributed by atoms with Crippen molar-refractivity contribution >= 4 is 28.7 Å². The third-order valence-corrected chi connectivity index (χ3v) is 4.51. The van der Waals surface area contributed by atoms with Gasteiger partial charge in [-0.05, 0) is 43.1 Å². The Morgan fingerprint density at radius 3 is 2.61 bits per heavy atom. The number of thiocarbonyl (C=S) groups is 1. The minimum atomic E-state index is -0.401. The van der Waals surface area contributed by atoms with Crippen molar-refractivity contribution in [2.45, 2.75) is 38.6 Å². The van der Waals surface area contributed by atoms with E-state index < -0.39 is 4.92 Å². The van der Waals surface area contributed by atoms with Gasteiger partial charge in [-0.2, -0.15) is 0 Å². The first-order valence-electron chi connectivity index (χ1n) is 8.09. The van der Waals surface area contributed by atoms with E-state index in [4.69, 9.17) is 12.2 Å². The lowest BCUT2D eigenvalue weighted by Gasteiger charge is -2.30. The molecule has 6 nitrogen and oxygen atoms in total. The highest BCUT2D eigenvalue weighted by atomic mass is 32.1. The fourth-order valence-electron chi connectivity index (χ4n) is 2.83. The highest BCUT2D eigenvalue weighted by Gasteiger charge is 2.21.